The van der Waals surface area contributed by atoms with Crippen LogP contribution in [0, 0.1) is 6.92 Å². The van der Waals surface area contributed by atoms with Crippen molar-refractivity contribution in [1.82, 2.24) is 9.55 Å². The molecule has 0 aliphatic carbocycles. The Labute approximate surface area is 114 Å². The molecule has 1 aromatic heterocycles. The molecule has 3 rings (SSSR count). The number of nitrogens with zero attached hydrogens (tertiary/aromatic N) is 1. The molecule has 0 spiro atoms. The number of aryl methyl sites for hydroxylation is 1. The fraction of sp³-hybridized carbons (Fsp3) is 0.0667. The molecule has 0 aliphatic rings. The molecule has 5 heteroatoms. The van der Waals surface area contributed by atoms with Crippen molar-refractivity contribution in [2.45, 2.75) is 6.92 Å². The van der Waals surface area contributed by atoms with E-state index in [1.54, 1.807) is 10.6 Å². The molecule has 0 amide bonds. The molecule has 0 bridgehead atoms. The largest absolute Gasteiger partial charge is 0.478 e. The standard InChI is InChI=1S/C15H12N2O3/c1-9-4-2-3-5-12(9)17-13-7-6-10(14(18)19)8-11(13)16-15(17)20/h2-8H,1H3,(H,16,20)(H,18,19). The molecule has 5 nitrogen and oxygen atoms in total. The van der Waals surface area contributed by atoms with Gasteiger partial charge in [-0.25, -0.2) is 9.59 Å². The van der Waals surface area contributed by atoms with Gasteiger partial charge in [-0.05, 0) is 36.8 Å². The number of H-pyrrole nitrogens is 1. The van der Waals surface area contributed by atoms with Gasteiger partial charge in [0.1, 0.15) is 0 Å². The molecule has 100 valence electrons. The number of carbonyl (C=O) groups is 1. The predicted molar refractivity (Wildman–Crippen MR) is 75.6 cm³/mol. The normalized spacial score (nSPS) is 10.8. The SMILES string of the molecule is Cc1ccccc1-n1c(=O)[nH]c2cc(C(=O)O)ccc21. The lowest BCUT2D eigenvalue weighted by Crippen LogP contribution is -2.15. The lowest BCUT2D eigenvalue weighted by molar-refractivity contribution is 0.0697. The van der Waals surface area contributed by atoms with Gasteiger partial charge in [0, 0.05) is 0 Å². The van der Waals surface area contributed by atoms with E-state index in [2.05, 4.69) is 4.98 Å². The van der Waals surface area contributed by atoms with Crippen molar-refractivity contribution < 1.29 is 9.90 Å². The summed E-state index contributed by atoms with van der Waals surface area (Å²) in [5.74, 6) is -1.02. The molecule has 0 radical (unpaired) electrons. The van der Waals surface area contributed by atoms with E-state index >= 15 is 0 Å². The maximum atomic E-state index is 12.1. The van der Waals surface area contributed by atoms with Crippen LogP contribution >= 0.6 is 0 Å². The Kier molecular flexibility index (Phi) is 2.68. The maximum absolute atomic E-state index is 12.1. The summed E-state index contributed by atoms with van der Waals surface area (Å²) < 4.78 is 1.55. The molecular weight excluding hydrogens is 256 g/mol. The van der Waals surface area contributed by atoms with Crippen LogP contribution in [0.15, 0.2) is 47.3 Å². The second kappa shape index (κ2) is 4.38. The second-order valence-electron chi connectivity index (χ2n) is 4.59. The zero-order valence-corrected chi connectivity index (χ0v) is 10.8. The van der Waals surface area contributed by atoms with E-state index in [0.29, 0.717) is 11.0 Å². The van der Waals surface area contributed by atoms with Crippen LogP contribution < -0.4 is 5.69 Å². The number of aromatic amines is 1. The number of rotatable bonds is 2. The Morgan fingerprint density at radius 1 is 1.20 bits per heavy atom. The van der Waals surface area contributed by atoms with E-state index in [-0.39, 0.29) is 11.3 Å². The van der Waals surface area contributed by atoms with Crippen LogP contribution in [0.2, 0.25) is 0 Å². The number of para-hydroxylation sites is 1. The summed E-state index contributed by atoms with van der Waals surface area (Å²) in [6.45, 7) is 1.92. The number of aromatic nitrogens is 2. The van der Waals surface area contributed by atoms with Crippen molar-refractivity contribution in [2.24, 2.45) is 0 Å². The highest BCUT2D eigenvalue weighted by molar-refractivity contribution is 5.92. The van der Waals surface area contributed by atoms with Crippen molar-refractivity contribution in [1.29, 1.82) is 0 Å². The van der Waals surface area contributed by atoms with Crippen molar-refractivity contribution >= 4 is 17.0 Å². The zero-order valence-electron chi connectivity index (χ0n) is 10.8. The van der Waals surface area contributed by atoms with Crippen LogP contribution in [0.4, 0.5) is 0 Å². The highest BCUT2D eigenvalue weighted by Gasteiger charge is 2.12. The summed E-state index contributed by atoms with van der Waals surface area (Å²) >= 11 is 0. The molecule has 0 atom stereocenters. The number of carboxylic acids is 1. The van der Waals surface area contributed by atoms with Crippen molar-refractivity contribution in [3.63, 3.8) is 0 Å². The van der Waals surface area contributed by atoms with E-state index in [9.17, 15) is 9.59 Å². The molecule has 2 N–H and O–H groups in total. The fourth-order valence-electron chi connectivity index (χ4n) is 2.30. The maximum Gasteiger partial charge on any atom is 0.335 e. The van der Waals surface area contributed by atoms with Crippen molar-refractivity contribution in [3.8, 4) is 5.69 Å². The average molecular weight is 268 g/mol. The average Bonchev–Trinajstić information content (AvgIpc) is 2.74. The molecule has 1 heterocycles. The van der Waals surface area contributed by atoms with Gasteiger partial charge in [-0.3, -0.25) is 4.57 Å². The van der Waals surface area contributed by atoms with E-state index < -0.39 is 5.97 Å². The zero-order chi connectivity index (χ0) is 14.3. The van der Waals surface area contributed by atoms with Gasteiger partial charge in [-0.2, -0.15) is 0 Å². The van der Waals surface area contributed by atoms with Gasteiger partial charge in [-0.1, -0.05) is 18.2 Å². The summed E-state index contributed by atoms with van der Waals surface area (Å²) in [5, 5.41) is 8.98. The van der Waals surface area contributed by atoms with Crippen LogP contribution in [0.3, 0.4) is 0 Å². The van der Waals surface area contributed by atoms with E-state index in [1.165, 1.54) is 12.1 Å². The summed E-state index contributed by atoms with van der Waals surface area (Å²) in [6, 6.07) is 12.1. The molecule has 0 aliphatic heterocycles. The number of aromatic carboxylic acids is 1. The number of hydrogen-bond donors (Lipinski definition) is 2. The molecule has 2 aromatic carbocycles. The third-order valence-electron chi connectivity index (χ3n) is 3.29. The number of hydrogen-bond acceptors (Lipinski definition) is 2. The topological polar surface area (TPSA) is 75.1 Å². The first-order valence-electron chi connectivity index (χ1n) is 6.12. The van der Waals surface area contributed by atoms with Gasteiger partial charge >= 0.3 is 11.7 Å². The summed E-state index contributed by atoms with van der Waals surface area (Å²) in [5.41, 5.74) is 2.80. The highest BCUT2D eigenvalue weighted by atomic mass is 16.4. The molecule has 3 aromatic rings. The Balaban J connectivity index is 2.33. The van der Waals surface area contributed by atoms with Gasteiger partial charge in [0.05, 0.1) is 22.3 Å². The third kappa shape index (κ3) is 1.80. The molecular formula is C15H12N2O3. The summed E-state index contributed by atoms with van der Waals surface area (Å²) in [6.07, 6.45) is 0. The van der Waals surface area contributed by atoms with Crippen molar-refractivity contribution in [3.05, 3.63) is 64.1 Å². The third-order valence-corrected chi connectivity index (χ3v) is 3.29. The van der Waals surface area contributed by atoms with Crippen molar-refractivity contribution in [2.75, 3.05) is 0 Å². The van der Waals surface area contributed by atoms with Gasteiger partial charge < -0.3 is 10.1 Å². The van der Waals surface area contributed by atoms with E-state index in [1.807, 2.05) is 31.2 Å². The summed E-state index contributed by atoms with van der Waals surface area (Å²) in [7, 11) is 0. The van der Waals surface area contributed by atoms with Gasteiger partial charge in [-0.15, -0.1) is 0 Å². The highest BCUT2D eigenvalue weighted by Crippen LogP contribution is 2.19. The van der Waals surface area contributed by atoms with Crippen LogP contribution in [-0.4, -0.2) is 20.6 Å². The fourth-order valence-corrected chi connectivity index (χ4v) is 2.30. The minimum absolute atomic E-state index is 0.149. The minimum atomic E-state index is -1.02. The number of imidazole rings is 1. The van der Waals surface area contributed by atoms with Crippen LogP contribution in [0.5, 0.6) is 0 Å². The lowest BCUT2D eigenvalue weighted by atomic mass is 10.1. The van der Waals surface area contributed by atoms with E-state index in [0.717, 1.165) is 11.3 Å². The molecule has 20 heavy (non-hydrogen) atoms. The first-order chi connectivity index (χ1) is 9.58. The predicted octanol–water partition coefficient (Wildman–Crippen LogP) is 2.33. The molecule has 0 unspecified atom stereocenters. The Morgan fingerprint density at radius 2 is 1.95 bits per heavy atom. The Hall–Kier alpha value is -2.82. The number of nitrogens with one attached hydrogen (secondary N) is 1. The van der Waals surface area contributed by atoms with Gasteiger partial charge in [0.15, 0.2) is 0 Å². The quantitative estimate of drug-likeness (QED) is 0.749. The number of benzene rings is 2. The van der Waals surface area contributed by atoms with Gasteiger partial charge in [0.25, 0.3) is 0 Å². The first kappa shape index (κ1) is 12.2. The van der Waals surface area contributed by atoms with Crippen LogP contribution in [-0.2, 0) is 0 Å². The Bertz CT molecular complexity index is 874. The number of fused-ring (bicyclic) bond motifs is 1. The Morgan fingerprint density at radius 3 is 2.65 bits per heavy atom. The second-order valence-corrected chi connectivity index (χ2v) is 4.59. The number of carboxylic acid groups (broad SMARTS) is 1. The van der Waals surface area contributed by atoms with Gasteiger partial charge in [0.2, 0.25) is 0 Å². The van der Waals surface area contributed by atoms with Crippen LogP contribution in [0.25, 0.3) is 16.7 Å². The lowest BCUT2D eigenvalue weighted by Gasteiger charge is -2.06. The molecule has 0 saturated carbocycles. The summed E-state index contributed by atoms with van der Waals surface area (Å²) in [4.78, 5) is 25.8. The first-order valence-corrected chi connectivity index (χ1v) is 6.12. The molecule has 0 fully saturated rings. The van der Waals surface area contributed by atoms with E-state index in [4.69, 9.17) is 5.11 Å². The monoisotopic (exact) mass is 268 g/mol. The molecule has 0 saturated heterocycles. The van der Waals surface area contributed by atoms with Crippen LogP contribution in [0.1, 0.15) is 15.9 Å². The smallest absolute Gasteiger partial charge is 0.335 e. The minimum Gasteiger partial charge on any atom is -0.478 e.